The fourth-order valence-electron chi connectivity index (χ4n) is 4.66. The van der Waals surface area contributed by atoms with E-state index in [4.69, 9.17) is 14.2 Å². The van der Waals surface area contributed by atoms with Gasteiger partial charge in [0, 0.05) is 38.0 Å². The molecule has 1 atom stereocenters. The van der Waals surface area contributed by atoms with Crippen LogP contribution in [0.25, 0.3) is 0 Å². The molecule has 0 saturated carbocycles. The molecule has 2 aromatic rings. The van der Waals surface area contributed by atoms with E-state index in [1.807, 2.05) is 20.8 Å². The molecule has 2 saturated heterocycles. The van der Waals surface area contributed by atoms with Crippen LogP contribution in [0.5, 0.6) is 17.5 Å². The van der Waals surface area contributed by atoms with E-state index in [-0.39, 0.29) is 47.6 Å². The van der Waals surface area contributed by atoms with Crippen LogP contribution in [0.15, 0.2) is 24.5 Å². The number of rotatable bonds is 8. The van der Waals surface area contributed by atoms with Crippen molar-refractivity contribution in [1.29, 1.82) is 0 Å². The lowest BCUT2D eigenvalue weighted by molar-refractivity contribution is 0.0504. The molecular weight excluding hydrogens is 493 g/mol. The average molecular weight is 530 g/mol. The van der Waals surface area contributed by atoms with Gasteiger partial charge < -0.3 is 24.0 Å². The average Bonchev–Trinajstić information content (AvgIpc) is 3.42. The first-order valence-corrected chi connectivity index (χ1v) is 13.2. The SMILES string of the molecule is CCN(C(=O)c1ccc(Oc2ncnc(OC3CCN(C(=O)OC(C)C)CC3)c2C)c(F)c1)C1CCCN1. The maximum Gasteiger partial charge on any atom is 0.410 e. The Labute approximate surface area is 222 Å². The molecule has 206 valence electrons. The van der Waals surface area contributed by atoms with Gasteiger partial charge >= 0.3 is 6.09 Å². The van der Waals surface area contributed by atoms with Crippen LogP contribution in [0.4, 0.5) is 9.18 Å². The van der Waals surface area contributed by atoms with Gasteiger partial charge in [0.15, 0.2) is 11.6 Å². The standard InChI is InChI=1S/C27H36FN5O5/c1-5-33(23-7-6-12-29-23)26(34)19-8-9-22(21(28)15-19)38-25-18(4)24(30-16-31-25)37-20-10-13-32(14-11-20)27(35)36-17(2)3/h8-9,15-17,20,23,29H,5-7,10-14H2,1-4H3. The van der Waals surface area contributed by atoms with Gasteiger partial charge in [-0.15, -0.1) is 0 Å². The molecule has 1 N–H and O–H groups in total. The minimum absolute atomic E-state index is 0.0327. The maximum atomic E-state index is 15.0. The molecular formula is C27H36FN5O5. The van der Waals surface area contributed by atoms with Crippen molar-refractivity contribution < 1.29 is 28.2 Å². The third-order valence-corrected chi connectivity index (χ3v) is 6.70. The summed E-state index contributed by atoms with van der Waals surface area (Å²) in [7, 11) is 0. The lowest BCUT2D eigenvalue weighted by Crippen LogP contribution is -2.45. The zero-order chi connectivity index (χ0) is 27.2. The monoisotopic (exact) mass is 529 g/mol. The lowest BCUT2D eigenvalue weighted by atomic mass is 10.1. The molecule has 1 unspecified atom stereocenters. The van der Waals surface area contributed by atoms with E-state index in [2.05, 4.69) is 15.3 Å². The highest BCUT2D eigenvalue weighted by Gasteiger charge is 2.28. The molecule has 3 heterocycles. The van der Waals surface area contributed by atoms with Crippen molar-refractivity contribution >= 4 is 12.0 Å². The number of aromatic nitrogens is 2. The fraction of sp³-hybridized carbons (Fsp3) is 0.556. The lowest BCUT2D eigenvalue weighted by Gasteiger charge is -2.31. The number of amides is 2. The number of nitrogens with one attached hydrogen (secondary N) is 1. The summed E-state index contributed by atoms with van der Waals surface area (Å²) in [5.41, 5.74) is 0.788. The van der Waals surface area contributed by atoms with Crippen molar-refractivity contribution in [2.45, 2.75) is 71.8 Å². The third kappa shape index (κ3) is 6.50. The van der Waals surface area contributed by atoms with E-state index in [1.54, 1.807) is 22.8 Å². The molecule has 2 aliphatic heterocycles. The Morgan fingerprint density at radius 1 is 1.18 bits per heavy atom. The number of carbonyl (C=O) groups is 2. The smallest absolute Gasteiger partial charge is 0.410 e. The van der Waals surface area contributed by atoms with Gasteiger partial charge in [-0.25, -0.2) is 19.2 Å². The Morgan fingerprint density at radius 2 is 1.92 bits per heavy atom. The minimum atomic E-state index is -0.660. The number of hydrogen-bond donors (Lipinski definition) is 1. The van der Waals surface area contributed by atoms with Crippen LogP contribution in [0, 0.1) is 12.7 Å². The summed E-state index contributed by atoms with van der Waals surface area (Å²) < 4.78 is 32.1. The normalized spacial score (nSPS) is 17.9. The summed E-state index contributed by atoms with van der Waals surface area (Å²) in [6.07, 6.45) is 3.78. The summed E-state index contributed by atoms with van der Waals surface area (Å²) in [5, 5.41) is 3.31. The second kappa shape index (κ2) is 12.4. The van der Waals surface area contributed by atoms with E-state index in [0.717, 1.165) is 19.4 Å². The van der Waals surface area contributed by atoms with Gasteiger partial charge in [0.1, 0.15) is 12.4 Å². The molecule has 0 aliphatic carbocycles. The number of likely N-dealkylation sites (tertiary alicyclic amines) is 1. The molecule has 10 nitrogen and oxygen atoms in total. The number of benzene rings is 1. The Balaban J connectivity index is 1.39. The molecule has 2 amide bonds. The van der Waals surface area contributed by atoms with E-state index in [9.17, 15) is 14.0 Å². The number of piperidine rings is 1. The quantitative estimate of drug-likeness (QED) is 0.540. The summed E-state index contributed by atoms with van der Waals surface area (Å²) >= 11 is 0. The first-order valence-electron chi connectivity index (χ1n) is 13.2. The fourth-order valence-corrected chi connectivity index (χ4v) is 4.66. The molecule has 38 heavy (non-hydrogen) atoms. The number of hydrogen-bond acceptors (Lipinski definition) is 8. The second-order valence-corrected chi connectivity index (χ2v) is 9.80. The van der Waals surface area contributed by atoms with E-state index in [1.165, 1.54) is 18.5 Å². The maximum absolute atomic E-state index is 15.0. The largest absolute Gasteiger partial charge is 0.474 e. The molecule has 1 aromatic carbocycles. The van der Waals surface area contributed by atoms with Crippen LogP contribution in [0.1, 0.15) is 62.4 Å². The highest BCUT2D eigenvalue weighted by molar-refractivity contribution is 5.94. The van der Waals surface area contributed by atoms with E-state index < -0.39 is 5.82 Å². The van der Waals surface area contributed by atoms with E-state index >= 15 is 0 Å². The molecule has 4 rings (SSSR count). The van der Waals surface area contributed by atoms with Crippen molar-refractivity contribution in [3.63, 3.8) is 0 Å². The predicted molar refractivity (Wildman–Crippen MR) is 138 cm³/mol. The summed E-state index contributed by atoms with van der Waals surface area (Å²) in [6, 6.07) is 4.19. The number of halogens is 1. The molecule has 2 fully saturated rings. The Bertz CT molecular complexity index is 1130. The van der Waals surface area contributed by atoms with Gasteiger partial charge in [0.25, 0.3) is 5.91 Å². The molecule has 0 radical (unpaired) electrons. The first kappa shape index (κ1) is 27.6. The highest BCUT2D eigenvalue weighted by atomic mass is 19.1. The van der Waals surface area contributed by atoms with Crippen LogP contribution in [0.2, 0.25) is 0 Å². The molecule has 1 aromatic heterocycles. The van der Waals surface area contributed by atoms with Gasteiger partial charge in [-0.05, 0) is 65.3 Å². The van der Waals surface area contributed by atoms with Gasteiger partial charge in [-0.3, -0.25) is 10.1 Å². The Kier molecular flexibility index (Phi) is 8.98. The molecule has 0 spiro atoms. The van der Waals surface area contributed by atoms with E-state index in [0.29, 0.717) is 43.9 Å². The van der Waals surface area contributed by atoms with Crippen LogP contribution in [0.3, 0.4) is 0 Å². The summed E-state index contributed by atoms with van der Waals surface area (Å²) in [6.45, 7) is 9.72. The summed E-state index contributed by atoms with van der Waals surface area (Å²) in [5.74, 6) is -0.431. The van der Waals surface area contributed by atoms with Crippen LogP contribution >= 0.6 is 0 Å². The van der Waals surface area contributed by atoms with Crippen LogP contribution in [-0.2, 0) is 4.74 Å². The third-order valence-electron chi connectivity index (χ3n) is 6.70. The number of nitrogens with zero attached hydrogens (tertiary/aromatic N) is 4. The minimum Gasteiger partial charge on any atom is -0.474 e. The predicted octanol–water partition coefficient (Wildman–Crippen LogP) is 4.28. The van der Waals surface area contributed by atoms with Crippen LogP contribution in [-0.4, -0.2) is 76.3 Å². The highest BCUT2D eigenvalue weighted by Crippen LogP contribution is 2.31. The Morgan fingerprint density at radius 3 is 2.55 bits per heavy atom. The van der Waals surface area contributed by atoms with Gasteiger partial charge in [0.2, 0.25) is 11.8 Å². The molecule has 2 aliphatic rings. The topological polar surface area (TPSA) is 106 Å². The second-order valence-electron chi connectivity index (χ2n) is 9.80. The first-order chi connectivity index (χ1) is 18.3. The number of carbonyl (C=O) groups excluding carboxylic acids is 2. The molecule has 11 heteroatoms. The zero-order valence-electron chi connectivity index (χ0n) is 22.4. The number of ether oxygens (including phenoxy) is 3. The summed E-state index contributed by atoms with van der Waals surface area (Å²) in [4.78, 5) is 36.9. The van der Waals surface area contributed by atoms with Gasteiger partial charge in [-0.1, -0.05) is 0 Å². The van der Waals surface area contributed by atoms with Crippen molar-refractivity contribution in [3.05, 3.63) is 41.5 Å². The van der Waals surface area contributed by atoms with Gasteiger partial charge in [-0.2, -0.15) is 0 Å². The Hall–Kier alpha value is -3.47. The van der Waals surface area contributed by atoms with Crippen molar-refractivity contribution in [2.75, 3.05) is 26.2 Å². The van der Waals surface area contributed by atoms with Crippen molar-refractivity contribution in [2.24, 2.45) is 0 Å². The van der Waals surface area contributed by atoms with Crippen molar-refractivity contribution in [1.82, 2.24) is 25.1 Å². The molecule has 0 bridgehead atoms. The van der Waals surface area contributed by atoms with Crippen LogP contribution < -0.4 is 14.8 Å². The van der Waals surface area contributed by atoms with Crippen molar-refractivity contribution in [3.8, 4) is 17.5 Å². The van der Waals surface area contributed by atoms with Gasteiger partial charge in [0.05, 0.1) is 17.8 Å². The zero-order valence-corrected chi connectivity index (χ0v) is 22.4.